The Kier molecular flexibility index (Phi) is 12.6. The molecule has 2 nitrogen and oxygen atoms in total. The van der Waals surface area contributed by atoms with E-state index in [0.717, 1.165) is 19.3 Å². The normalized spacial score (nSPS) is 13.3. The molecule has 0 rings (SSSR count). The highest BCUT2D eigenvalue weighted by atomic mass is 16.4. The Morgan fingerprint density at radius 2 is 1.23 bits per heavy atom. The van der Waals surface area contributed by atoms with Gasteiger partial charge < -0.3 is 5.11 Å². The summed E-state index contributed by atoms with van der Waals surface area (Å²) in [6, 6.07) is 0. The van der Waals surface area contributed by atoms with Crippen molar-refractivity contribution in [3.63, 3.8) is 0 Å². The summed E-state index contributed by atoms with van der Waals surface area (Å²) in [6.07, 6.45) is 15.7. The second-order valence-electron chi connectivity index (χ2n) is 7.15. The van der Waals surface area contributed by atoms with Crippen LogP contribution in [0.2, 0.25) is 0 Å². The molecular formula is C20H40O2. The van der Waals surface area contributed by atoms with Gasteiger partial charge in [0.05, 0.1) is 5.92 Å². The molecule has 0 aliphatic heterocycles. The van der Waals surface area contributed by atoms with Gasteiger partial charge in [-0.2, -0.15) is 0 Å². The van der Waals surface area contributed by atoms with Gasteiger partial charge in [0.1, 0.15) is 0 Å². The number of hydrogen-bond donors (Lipinski definition) is 1. The van der Waals surface area contributed by atoms with E-state index in [2.05, 4.69) is 20.8 Å². The summed E-state index contributed by atoms with van der Waals surface area (Å²) in [5.41, 5.74) is 0.485. The summed E-state index contributed by atoms with van der Waals surface area (Å²) in [5.74, 6) is -0.745. The average molecular weight is 313 g/mol. The average Bonchev–Trinajstić information content (AvgIpc) is 2.52. The van der Waals surface area contributed by atoms with Crippen LogP contribution in [0.1, 0.15) is 111 Å². The molecule has 0 fully saturated rings. The Labute approximate surface area is 139 Å². The van der Waals surface area contributed by atoms with Crippen molar-refractivity contribution in [3.8, 4) is 0 Å². The molecule has 132 valence electrons. The summed E-state index contributed by atoms with van der Waals surface area (Å²) in [5, 5.41) is 9.23. The lowest BCUT2D eigenvalue weighted by Gasteiger charge is -2.35. The molecule has 0 bridgehead atoms. The van der Waals surface area contributed by atoms with E-state index in [-0.39, 0.29) is 5.92 Å². The molecule has 0 aromatic heterocycles. The van der Waals surface area contributed by atoms with Crippen molar-refractivity contribution < 1.29 is 9.90 Å². The van der Waals surface area contributed by atoms with Gasteiger partial charge in [-0.15, -0.1) is 0 Å². The zero-order valence-corrected chi connectivity index (χ0v) is 15.6. The molecule has 0 aromatic rings. The molecule has 0 aliphatic carbocycles. The van der Waals surface area contributed by atoms with Crippen LogP contribution in [-0.4, -0.2) is 11.1 Å². The Morgan fingerprint density at radius 1 is 0.818 bits per heavy atom. The SMILES string of the molecule is CCCCC(CCCC)(CCCC)CCCC(CC)C(=O)O. The van der Waals surface area contributed by atoms with Crippen LogP contribution in [0.5, 0.6) is 0 Å². The Morgan fingerprint density at radius 3 is 1.55 bits per heavy atom. The minimum atomic E-state index is -0.608. The van der Waals surface area contributed by atoms with Crippen LogP contribution in [0.3, 0.4) is 0 Å². The molecule has 0 aromatic carbocycles. The molecule has 0 saturated carbocycles. The maximum absolute atomic E-state index is 11.2. The number of carbonyl (C=O) groups is 1. The molecule has 1 atom stereocenters. The Hall–Kier alpha value is -0.530. The number of aliphatic carboxylic acids is 1. The van der Waals surface area contributed by atoms with E-state index in [4.69, 9.17) is 0 Å². The zero-order valence-electron chi connectivity index (χ0n) is 15.6. The monoisotopic (exact) mass is 312 g/mol. The van der Waals surface area contributed by atoms with Crippen LogP contribution in [0, 0.1) is 11.3 Å². The maximum atomic E-state index is 11.2. The fourth-order valence-electron chi connectivity index (χ4n) is 3.63. The number of carboxylic acid groups (broad SMARTS) is 1. The standard InChI is InChI=1S/C20H40O2/c1-5-9-14-20(15-10-6-2,16-11-7-3)17-12-13-18(8-4)19(21)22/h18H,5-17H2,1-4H3,(H,21,22). The van der Waals surface area contributed by atoms with Gasteiger partial charge in [0.2, 0.25) is 0 Å². The topological polar surface area (TPSA) is 37.3 Å². The largest absolute Gasteiger partial charge is 0.481 e. The number of hydrogen-bond acceptors (Lipinski definition) is 1. The van der Waals surface area contributed by atoms with Gasteiger partial charge in [0.15, 0.2) is 0 Å². The lowest BCUT2D eigenvalue weighted by atomic mass is 9.70. The summed E-state index contributed by atoms with van der Waals surface area (Å²) < 4.78 is 0. The van der Waals surface area contributed by atoms with E-state index < -0.39 is 5.97 Å². The molecular weight excluding hydrogens is 272 g/mol. The summed E-state index contributed by atoms with van der Waals surface area (Å²) >= 11 is 0. The quantitative estimate of drug-likeness (QED) is 0.360. The Balaban J connectivity index is 4.66. The van der Waals surface area contributed by atoms with Crippen molar-refractivity contribution >= 4 is 5.97 Å². The zero-order chi connectivity index (χ0) is 16.8. The smallest absolute Gasteiger partial charge is 0.306 e. The van der Waals surface area contributed by atoms with Crippen molar-refractivity contribution in [2.75, 3.05) is 0 Å². The fourth-order valence-corrected chi connectivity index (χ4v) is 3.63. The predicted molar refractivity (Wildman–Crippen MR) is 96.3 cm³/mol. The van der Waals surface area contributed by atoms with Crippen LogP contribution in [0.25, 0.3) is 0 Å². The van der Waals surface area contributed by atoms with Crippen LogP contribution < -0.4 is 0 Å². The highest BCUT2D eigenvalue weighted by Crippen LogP contribution is 2.41. The van der Waals surface area contributed by atoms with Crippen LogP contribution in [0.4, 0.5) is 0 Å². The van der Waals surface area contributed by atoms with E-state index in [9.17, 15) is 9.90 Å². The molecule has 0 spiro atoms. The first-order valence-corrected chi connectivity index (χ1v) is 9.78. The second kappa shape index (κ2) is 13.0. The molecule has 0 radical (unpaired) electrons. The van der Waals surface area contributed by atoms with Crippen LogP contribution in [0.15, 0.2) is 0 Å². The van der Waals surface area contributed by atoms with Gasteiger partial charge in [-0.1, -0.05) is 72.6 Å². The van der Waals surface area contributed by atoms with Crippen LogP contribution in [-0.2, 0) is 4.79 Å². The van der Waals surface area contributed by atoms with E-state index in [1.165, 1.54) is 64.2 Å². The number of rotatable bonds is 15. The molecule has 0 saturated heterocycles. The molecule has 1 unspecified atom stereocenters. The van der Waals surface area contributed by atoms with Crippen molar-refractivity contribution in [3.05, 3.63) is 0 Å². The first-order chi connectivity index (χ1) is 10.5. The lowest BCUT2D eigenvalue weighted by molar-refractivity contribution is -0.142. The first kappa shape index (κ1) is 21.5. The highest BCUT2D eigenvalue weighted by molar-refractivity contribution is 5.69. The van der Waals surface area contributed by atoms with Gasteiger partial charge in [-0.25, -0.2) is 0 Å². The van der Waals surface area contributed by atoms with E-state index >= 15 is 0 Å². The number of carboxylic acids is 1. The Bertz CT molecular complexity index is 251. The lowest BCUT2D eigenvalue weighted by Crippen LogP contribution is -2.22. The molecule has 22 heavy (non-hydrogen) atoms. The highest BCUT2D eigenvalue weighted by Gasteiger charge is 2.28. The fraction of sp³-hybridized carbons (Fsp3) is 0.950. The second-order valence-corrected chi connectivity index (χ2v) is 7.15. The molecule has 0 amide bonds. The van der Waals surface area contributed by atoms with Gasteiger partial charge >= 0.3 is 5.97 Å². The third kappa shape index (κ3) is 8.80. The summed E-state index contributed by atoms with van der Waals surface area (Å²) in [6.45, 7) is 8.84. The minimum absolute atomic E-state index is 0.138. The molecule has 0 aliphatic rings. The van der Waals surface area contributed by atoms with Crippen molar-refractivity contribution in [1.82, 2.24) is 0 Å². The van der Waals surface area contributed by atoms with Gasteiger partial charge in [0.25, 0.3) is 0 Å². The van der Waals surface area contributed by atoms with Gasteiger partial charge in [0, 0.05) is 0 Å². The maximum Gasteiger partial charge on any atom is 0.306 e. The molecule has 0 heterocycles. The van der Waals surface area contributed by atoms with Crippen molar-refractivity contribution in [2.24, 2.45) is 11.3 Å². The van der Waals surface area contributed by atoms with Crippen molar-refractivity contribution in [1.29, 1.82) is 0 Å². The van der Waals surface area contributed by atoms with E-state index in [0.29, 0.717) is 5.41 Å². The minimum Gasteiger partial charge on any atom is -0.481 e. The molecule has 1 N–H and O–H groups in total. The summed E-state index contributed by atoms with van der Waals surface area (Å²) in [7, 11) is 0. The third-order valence-corrected chi connectivity index (χ3v) is 5.28. The predicted octanol–water partition coefficient (Wildman–Crippen LogP) is 6.82. The van der Waals surface area contributed by atoms with Gasteiger partial charge in [-0.05, 0) is 43.9 Å². The molecule has 2 heteroatoms. The van der Waals surface area contributed by atoms with Gasteiger partial charge in [-0.3, -0.25) is 4.79 Å². The van der Waals surface area contributed by atoms with Crippen molar-refractivity contribution in [2.45, 2.75) is 111 Å². The van der Waals surface area contributed by atoms with E-state index in [1.807, 2.05) is 6.92 Å². The van der Waals surface area contributed by atoms with E-state index in [1.54, 1.807) is 0 Å². The third-order valence-electron chi connectivity index (χ3n) is 5.28. The number of unbranched alkanes of at least 4 members (excludes halogenated alkanes) is 3. The van der Waals surface area contributed by atoms with Crippen LogP contribution >= 0.6 is 0 Å². The first-order valence-electron chi connectivity index (χ1n) is 9.78. The summed E-state index contributed by atoms with van der Waals surface area (Å²) in [4.78, 5) is 11.2.